The number of methoxy groups -OCH3 is 2. The topological polar surface area (TPSA) is 64.1 Å². The Labute approximate surface area is 138 Å². The highest BCUT2D eigenvalue weighted by molar-refractivity contribution is 7.80. The summed E-state index contributed by atoms with van der Waals surface area (Å²) in [4.78, 5) is 0. The number of ether oxygens (including phenoxy) is 3. The van der Waals surface area contributed by atoms with Gasteiger partial charge in [-0.05, 0) is 37.3 Å². The molecule has 23 heavy (non-hydrogen) atoms. The molecule has 0 aliphatic carbocycles. The third-order valence-corrected chi connectivity index (χ3v) is 2.95. The predicted molar refractivity (Wildman–Crippen MR) is 87.4 cm³/mol. The second-order valence-corrected chi connectivity index (χ2v) is 4.71. The molecule has 0 unspecified atom stereocenters. The van der Waals surface area contributed by atoms with Crippen molar-refractivity contribution in [2.75, 3.05) is 27.4 Å². The van der Waals surface area contributed by atoms with Crippen molar-refractivity contribution in [1.82, 2.24) is 10.7 Å². The van der Waals surface area contributed by atoms with Crippen LogP contribution in [0, 0.1) is 0 Å². The molecule has 0 atom stereocenters. The highest BCUT2D eigenvalue weighted by Crippen LogP contribution is 2.29. The summed E-state index contributed by atoms with van der Waals surface area (Å²) in [5.74, 6) is 0.155. The third kappa shape index (κ3) is 6.74. The Morgan fingerprint density at radius 3 is 2.65 bits per heavy atom. The van der Waals surface area contributed by atoms with Crippen LogP contribution in [0.25, 0.3) is 0 Å². The number of nitrogens with one attached hydrogen (secondary N) is 2. The normalized spacial score (nSPS) is 11.3. The number of hydrogen-bond acceptors (Lipinski definition) is 5. The highest BCUT2D eigenvalue weighted by Gasteiger charge is 2.12. The van der Waals surface area contributed by atoms with Crippen molar-refractivity contribution in [3.63, 3.8) is 0 Å². The largest absolute Gasteiger partial charge is 0.493 e. The number of alkyl halides is 2. The van der Waals surface area contributed by atoms with Crippen molar-refractivity contribution in [3.05, 3.63) is 23.8 Å². The van der Waals surface area contributed by atoms with Crippen LogP contribution >= 0.6 is 12.2 Å². The van der Waals surface area contributed by atoms with Gasteiger partial charge in [0, 0.05) is 19.2 Å². The Morgan fingerprint density at radius 1 is 1.30 bits per heavy atom. The van der Waals surface area contributed by atoms with E-state index in [0.29, 0.717) is 29.5 Å². The van der Waals surface area contributed by atoms with Crippen LogP contribution in [0.3, 0.4) is 0 Å². The second kappa shape index (κ2) is 9.90. The number of rotatable bonds is 8. The first-order valence-corrected chi connectivity index (χ1v) is 7.09. The van der Waals surface area contributed by atoms with Crippen LogP contribution in [0.1, 0.15) is 12.5 Å². The number of thiocarbonyl (C=S) groups is 1. The molecule has 1 aromatic rings. The Morgan fingerprint density at radius 2 is 2.04 bits per heavy atom. The lowest BCUT2D eigenvalue weighted by Gasteiger charge is -2.12. The number of benzene rings is 1. The van der Waals surface area contributed by atoms with E-state index in [9.17, 15) is 8.78 Å². The van der Waals surface area contributed by atoms with E-state index >= 15 is 0 Å². The molecular weight excluding hydrogens is 328 g/mol. The van der Waals surface area contributed by atoms with Gasteiger partial charge in [-0.25, -0.2) is 0 Å². The Hall–Kier alpha value is -2.00. The molecule has 0 aliphatic rings. The summed E-state index contributed by atoms with van der Waals surface area (Å²) in [6, 6.07) is 4.55. The molecule has 0 amide bonds. The lowest BCUT2D eigenvalue weighted by Crippen LogP contribution is -2.34. The zero-order valence-corrected chi connectivity index (χ0v) is 13.9. The van der Waals surface area contributed by atoms with Gasteiger partial charge in [-0.3, -0.25) is 5.43 Å². The second-order valence-electron chi connectivity index (χ2n) is 4.30. The lowest BCUT2D eigenvalue weighted by atomic mass is 10.1. The van der Waals surface area contributed by atoms with Gasteiger partial charge in [-0.15, -0.1) is 0 Å². The standard InChI is InChI=1S/C14H19F2N3O3S/c1-9(18-19-14(23)17-6-7-20-2)10-4-5-11(22-13(15)16)12(8-10)21-3/h4-5,8,13H,6-7H2,1-3H3,(H2,17,19,23)/b18-9-. The van der Waals surface area contributed by atoms with Crippen LogP contribution < -0.4 is 20.2 Å². The molecule has 0 saturated heterocycles. The van der Waals surface area contributed by atoms with E-state index < -0.39 is 6.61 Å². The summed E-state index contributed by atoms with van der Waals surface area (Å²) in [6.45, 7) is -0.0908. The molecule has 2 N–H and O–H groups in total. The van der Waals surface area contributed by atoms with Gasteiger partial charge < -0.3 is 19.5 Å². The van der Waals surface area contributed by atoms with Crippen LogP contribution in [0.4, 0.5) is 8.78 Å². The zero-order chi connectivity index (χ0) is 17.2. The van der Waals surface area contributed by atoms with E-state index in [-0.39, 0.29) is 11.5 Å². The fraction of sp³-hybridized carbons (Fsp3) is 0.429. The van der Waals surface area contributed by atoms with E-state index in [0.717, 1.165) is 0 Å². The average molecular weight is 347 g/mol. The van der Waals surface area contributed by atoms with Gasteiger partial charge in [0.15, 0.2) is 16.6 Å². The lowest BCUT2D eigenvalue weighted by molar-refractivity contribution is -0.0512. The van der Waals surface area contributed by atoms with Gasteiger partial charge in [0.2, 0.25) is 0 Å². The quantitative estimate of drug-likeness (QED) is 0.325. The first-order chi connectivity index (χ1) is 11.0. The van der Waals surface area contributed by atoms with Crippen molar-refractivity contribution in [2.24, 2.45) is 5.10 Å². The van der Waals surface area contributed by atoms with E-state index in [1.807, 2.05) is 0 Å². The van der Waals surface area contributed by atoms with Crippen molar-refractivity contribution >= 4 is 23.0 Å². The minimum Gasteiger partial charge on any atom is -0.493 e. The van der Waals surface area contributed by atoms with Gasteiger partial charge in [0.25, 0.3) is 0 Å². The van der Waals surface area contributed by atoms with Crippen molar-refractivity contribution < 1.29 is 23.0 Å². The molecular formula is C14H19F2N3O3S. The molecule has 9 heteroatoms. The number of halogens is 2. The number of hydrazone groups is 1. The summed E-state index contributed by atoms with van der Waals surface area (Å²) in [6.07, 6.45) is 0. The molecule has 0 aromatic heterocycles. The van der Waals surface area contributed by atoms with Crippen LogP contribution in [0.15, 0.2) is 23.3 Å². The third-order valence-electron chi connectivity index (χ3n) is 2.71. The summed E-state index contributed by atoms with van der Waals surface area (Å²) in [7, 11) is 2.96. The van der Waals surface area contributed by atoms with Gasteiger partial charge in [0.1, 0.15) is 0 Å². The molecule has 0 saturated carbocycles. The zero-order valence-electron chi connectivity index (χ0n) is 13.1. The molecule has 1 aromatic carbocycles. The Balaban J connectivity index is 2.73. The molecule has 0 spiro atoms. The maximum atomic E-state index is 12.3. The number of hydrogen-bond donors (Lipinski definition) is 2. The highest BCUT2D eigenvalue weighted by atomic mass is 32.1. The summed E-state index contributed by atoms with van der Waals surface area (Å²) in [5.41, 5.74) is 3.96. The smallest absolute Gasteiger partial charge is 0.387 e. The van der Waals surface area contributed by atoms with Crippen LogP contribution in [0.2, 0.25) is 0 Å². The van der Waals surface area contributed by atoms with Gasteiger partial charge in [-0.1, -0.05) is 0 Å². The molecule has 0 heterocycles. The Bertz CT molecular complexity index is 556. The molecule has 0 fully saturated rings. The fourth-order valence-corrected chi connectivity index (χ4v) is 1.74. The molecule has 0 aliphatic heterocycles. The summed E-state index contributed by atoms with van der Waals surface area (Å²) in [5, 5.41) is 7.37. The van der Waals surface area contributed by atoms with Crippen LogP contribution in [-0.2, 0) is 4.74 Å². The van der Waals surface area contributed by atoms with E-state index in [1.165, 1.54) is 13.2 Å². The molecule has 1 rings (SSSR count). The van der Waals surface area contributed by atoms with Crippen LogP contribution in [-0.4, -0.2) is 44.8 Å². The maximum Gasteiger partial charge on any atom is 0.387 e. The fourth-order valence-electron chi connectivity index (χ4n) is 1.59. The summed E-state index contributed by atoms with van der Waals surface area (Å²) < 4.78 is 38.9. The summed E-state index contributed by atoms with van der Waals surface area (Å²) >= 11 is 5.04. The van der Waals surface area contributed by atoms with E-state index in [4.69, 9.17) is 21.7 Å². The van der Waals surface area contributed by atoms with Gasteiger partial charge in [-0.2, -0.15) is 13.9 Å². The molecule has 6 nitrogen and oxygen atoms in total. The van der Waals surface area contributed by atoms with Crippen molar-refractivity contribution in [2.45, 2.75) is 13.5 Å². The van der Waals surface area contributed by atoms with E-state index in [1.54, 1.807) is 26.2 Å². The van der Waals surface area contributed by atoms with Gasteiger partial charge in [0.05, 0.1) is 19.4 Å². The first kappa shape index (κ1) is 19.0. The monoisotopic (exact) mass is 347 g/mol. The van der Waals surface area contributed by atoms with Crippen LogP contribution in [0.5, 0.6) is 11.5 Å². The maximum absolute atomic E-state index is 12.3. The minimum absolute atomic E-state index is 0.0382. The molecule has 0 bridgehead atoms. The molecule has 128 valence electrons. The average Bonchev–Trinajstić information content (AvgIpc) is 2.52. The molecule has 0 radical (unpaired) electrons. The van der Waals surface area contributed by atoms with Crippen molar-refractivity contribution in [1.29, 1.82) is 0 Å². The SMILES string of the molecule is COCCNC(=S)N/N=C(/C)c1ccc(OC(F)F)c(OC)c1. The number of nitrogens with zero attached hydrogens (tertiary/aromatic N) is 1. The predicted octanol–water partition coefficient (Wildman–Crippen LogP) is 2.13. The van der Waals surface area contributed by atoms with Crippen molar-refractivity contribution in [3.8, 4) is 11.5 Å². The van der Waals surface area contributed by atoms with Gasteiger partial charge >= 0.3 is 6.61 Å². The van der Waals surface area contributed by atoms with E-state index in [2.05, 4.69) is 20.6 Å². The minimum atomic E-state index is -2.92. The Kier molecular flexibility index (Phi) is 8.20. The first-order valence-electron chi connectivity index (χ1n) is 6.68.